The van der Waals surface area contributed by atoms with Gasteiger partial charge in [0.1, 0.15) is 5.82 Å². The fraction of sp³-hybridized carbons (Fsp3) is 0.722. The van der Waals surface area contributed by atoms with Gasteiger partial charge in [0.2, 0.25) is 5.65 Å². The lowest BCUT2D eigenvalue weighted by molar-refractivity contribution is 0.102. The van der Waals surface area contributed by atoms with Crippen LogP contribution in [0.1, 0.15) is 55.7 Å². The summed E-state index contributed by atoms with van der Waals surface area (Å²) in [5.41, 5.74) is 3.05. The zero-order chi connectivity index (χ0) is 15.9. The first-order valence-electron chi connectivity index (χ1n) is 9.36. The van der Waals surface area contributed by atoms with Crippen LogP contribution in [-0.4, -0.2) is 25.8 Å². The molecular formula is C18H22N4O2. The van der Waals surface area contributed by atoms with Gasteiger partial charge in [0.05, 0.1) is 18.9 Å². The van der Waals surface area contributed by atoms with Crippen LogP contribution in [0.2, 0.25) is 0 Å². The van der Waals surface area contributed by atoms with Gasteiger partial charge in [0.15, 0.2) is 0 Å². The van der Waals surface area contributed by atoms with E-state index in [2.05, 4.69) is 14.6 Å². The average molecular weight is 326 g/mol. The van der Waals surface area contributed by atoms with Gasteiger partial charge in [-0.25, -0.2) is 0 Å². The summed E-state index contributed by atoms with van der Waals surface area (Å²) in [6, 6.07) is 0. The van der Waals surface area contributed by atoms with Crippen LogP contribution in [0, 0.1) is 11.8 Å². The maximum absolute atomic E-state index is 13.1. The van der Waals surface area contributed by atoms with Crippen molar-refractivity contribution < 1.29 is 4.74 Å². The van der Waals surface area contributed by atoms with Crippen molar-refractivity contribution in [2.75, 3.05) is 6.61 Å². The quantitative estimate of drug-likeness (QED) is 0.860. The second-order valence-corrected chi connectivity index (χ2v) is 8.17. The third-order valence-corrected chi connectivity index (χ3v) is 6.48. The minimum atomic E-state index is 0.0490. The fourth-order valence-corrected chi connectivity index (χ4v) is 4.63. The van der Waals surface area contributed by atoms with Crippen molar-refractivity contribution in [2.45, 2.75) is 63.5 Å². The Kier molecular flexibility index (Phi) is 2.53. The van der Waals surface area contributed by atoms with Crippen molar-refractivity contribution >= 4 is 5.65 Å². The van der Waals surface area contributed by atoms with E-state index in [9.17, 15) is 4.79 Å². The van der Waals surface area contributed by atoms with E-state index < -0.39 is 0 Å². The van der Waals surface area contributed by atoms with Gasteiger partial charge in [-0.3, -0.25) is 9.20 Å². The molecule has 3 saturated carbocycles. The Balaban J connectivity index is 1.62. The Labute approximate surface area is 139 Å². The van der Waals surface area contributed by atoms with Gasteiger partial charge in [-0.05, 0) is 50.4 Å². The van der Waals surface area contributed by atoms with Crippen LogP contribution in [-0.2, 0) is 29.7 Å². The Morgan fingerprint density at radius 3 is 2.67 bits per heavy atom. The van der Waals surface area contributed by atoms with Gasteiger partial charge in [0.25, 0.3) is 5.56 Å². The van der Waals surface area contributed by atoms with E-state index >= 15 is 0 Å². The standard InChI is InChI=1S/C18H22N4O2/c23-16-15-19-20-17(18(6-7-18)12-3-4-12)22(15)14-10-24-8-5-13(14)21(16)9-11-1-2-11/h11-12H,1-10H2. The molecule has 126 valence electrons. The topological polar surface area (TPSA) is 61.4 Å². The second-order valence-electron chi connectivity index (χ2n) is 8.17. The number of rotatable bonds is 4. The molecule has 0 radical (unpaired) electrons. The number of nitrogens with zero attached hydrogens (tertiary/aromatic N) is 4. The Morgan fingerprint density at radius 2 is 1.96 bits per heavy atom. The first kappa shape index (κ1) is 13.6. The Bertz CT molecular complexity index is 900. The summed E-state index contributed by atoms with van der Waals surface area (Å²) in [5, 5.41) is 8.89. The number of aromatic nitrogens is 4. The van der Waals surface area contributed by atoms with Crippen LogP contribution < -0.4 is 5.56 Å². The highest BCUT2D eigenvalue weighted by molar-refractivity contribution is 5.43. The molecule has 2 aromatic heterocycles. The number of ether oxygens (including phenoxy) is 1. The lowest BCUT2D eigenvalue weighted by Gasteiger charge is -2.24. The molecule has 0 N–H and O–H groups in total. The van der Waals surface area contributed by atoms with E-state index in [1.807, 2.05) is 4.57 Å². The summed E-state index contributed by atoms with van der Waals surface area (Å²) < 4.78 is 9.84. The largest absolute Gasteiger partial charge is 0.375 e. The van der Waals surface area contributed by atoms with E-state index in [1.54, 1.807) is 0 Å². The van der Waals surface area contributed by atoms with Crippen LogP contribution in [0.15, 0.2) is 4.79 Å². The third-order valence-electron chi connectivity index (χ3n) is 6.48. The van der Waals surface area contributed by atoms with Gasteiger partial charge < -0.3 is 9.30 Å². The van der Waals surface area contributed by atoms with E-state index in [0.717, 1.165) is 30.4 Å². The van der Waals surface area contributed by atoms with Gasteiger partial charge >= 0.3 is 0 Å². The van der Waals surface area contributed by atoms with Gasteiger partial charge in [-0.15, -0.1) is 10.2 Å². The van der Waals surface area contributed by atoms with Crippen molar-refractivity contribution in [3.8, 4) is 0 Å². The summed E-state index contributed by atoms with van der Waals surface area (Å²) in [6.45, 7) is 2.12. The zero-order valence-electron chi connectivity index (χ0n) is 13.8. The number of hydrogen-bond donors (Lipinski definition) is 0. The van der Waals surface area contributed by atoms with Gasteiger partial charge in [0, 0.05) is 24.1 Å². The van der Waals surface area contributed by atoms with Crippen molar-refractivity contribution in [1.82, 2.24) is 19.2 Å². The van der Waals surface area contributed by atoms with Crippen molar-refractivity contribution in [1.29, 1.82) is 0 Å². The highest BCUT2D eigenvalue weighted by Crippen LogP contribution is 2.61. The molecule has 0 spiro atoms. The third kappa shape index (κ3) is 1.78. The normalized spacial score (nSPS) is 25.0. The second kappa shape index (κ2) is 4.48. The van der Waals surface area contributed by atoms with E-state index in [4.69, 9.17) is 4.74 Å². The SMILES string of the molecule is O=c1c2nnc(C3(C4CC4)CC3)n2c2c(n1CC1CC1)CCOC2. The van der Waals surface area contributed by atoms with Crippen LogP contribution in [0.4, 0.5) is 0 Å². The molecule has 6 heteroatoms. The van der Waals surface area contributed by atoms with Crippen molar-refractivity contribution in [2.24, 2.45) is 11.8 Å². The van der Waals surface area contributed by atoms with Crippen LogP contribution in [0.3, 0.4) is 0 Å². The van der Waals surface area contributed by atoms with Crippen LogP contribution in [0.5, 0.6) is 0 Å². The molecule has 6 nitrogen and oxygen atoms in total. The predicted octanol–water partition coefficient (Wildman–Crippen LogP) is 1.82. The number of fused-ring (bicyclic) bond motifs is 3. The molecular weight excluding hydrogens is 304 g/mol. The number of hydrogen-bond acceptors (Lipinski definition) is 4. The van der Waals surface area contributed by atoms with Crippen LogP contribution >= 0.6 is 0 Å². The van der Waals surface area contributed by atoms with Gasteiger partial charge in [-0.2, -0.15) is 0 Å². The maximum atomic E-state index is 13.1. The lowest BCUT2D eigenvalue weighted by Crippen LogP contribution is -2.33. The highest BCUT2D eigenvalue weighted by atomic mass is 16.5. The zero-order valence-corrected chi connectivity index (χ0v) is 13.8. The van der Waals surface area contributed by atoms with E-state index in [0.29, 0.717) is 24.8 Å². The van der Waals surface area contributed by atoms with Gasteiger partial charge in [-0.1, -0.05) is 0 Å². The summed E-state index contributed by atoms with van der Waals surface area (Å²) in [7, 11) is 0. The van der Waals surface area contributed by atoms with Crippen molar-refractivity contribution in [3.63, 3.8) is 0 Å². The molecule has 2 aromatic rings. The minimum absolute atomic E-state index is 0.0490. The molecule has 4 aliphatic rings. The molecule has 0 bridgehead atoms. The molecule has 0 amide bonds. The predicted molar refractivity (Wildman–Crippen MR) is 87.0 cm³/mol. The van der Waals surface area contributed by atoms with E-state index in [-0.39, 0.29) is 11.0 Å². The minimum Gasteiger partial charge on any atom is -0.375 e. The van der Waals surface area contributed by atoms with Crippen molar-refractivity contribution in [3.05, 3.63) is 27.6 Å². The molecule has 0 saturated heterocycles. The molecule has 1 aliphatic heterocycles. The molecule has 0 unspecified atom stereocenters. The molecule has 3 fully saturated rings. The Morgan fingerprint density at radius 1 is 1.12 bits per heavy atom. The molecule has 0 atom stereocenters. The first-order valence-corrected chi connectivity index (χ1v) is 9.36. The van der Waals surface area contributed by atoms with Crippen LogP contribution in [0.25, 0.3) is 5.65 Å². The molecule has 3 aliphatic carbocycles. The molecule has 24 heavy (non-hydrogen) atoms. The Hall–Kier alpha value is -1.69. The monoisotopic (exact) mass is 326 g/mol. The summed E-state index contributed by atoms with van der Waals surface area (Å²) in [5.74, 6) is 2.46. The summed E-state index contributed by atoms with van der Waals surface area (Å²) >= 11 is 0. The first-order chi connectivity index (χ1) is 11.8. The fourth-order valence-electron chi connectivity index (χ4n) is 4.63. The highest BCUT2D eigenvalue weighted by Gasteiger charge is 2.58. The molecule has 3 heterocycles. The molecule has 6 rings (SSSR count). The van der Waals surface area contributed by atoms with E-state index in [1.165, 1.54) is 44.2 Å². The maximum Gasteiger partial charge on any atom is 0.296 e. The smallest absolute Gasteiger partial charge is 0.296 e. The molecule has 0 aromatic carbocycles. The average Bonchev–Trinajstić information content (AvgIpc) is 3.44. The summed E-state index contributed by atoms with van der Waals surface area (Å²) in [4.78, 5) is 13.1. The summed E-state index contributed by atoms with van der Waals surface area (Å²) in [6.07, 6.45) is 8.29. The lowest BCUT2D eigenvalue weighted by atomic mass is 9.99.